The van der Waals surface area contributed by atoms with Gasteiger partial charge in [0.2, 0.25) is 0 Å². The van der Waals surface area contributed by atoms with Crippen LogP contribution in [0.15, 0.2) is 198 Å². The molecule has 0 aliphatic rings. The van der Waals surface area contributed by atoms with E-state index in [1.54, 1.807) is 0 Å². The molecule has 0 fully saturated rings. The van der Waals surface area contributed by atoms with Crippen LogP contribution in [0, 0.1) is 0 Å². The first-order valence-electron chi connectivity index (χ1n) is 17.7. The maximum Gasteiger partial charge on any atom is 0.155 e. The van der Waals surface area contributed by atoms with Gasteiger partial charge in [-0.1, -0.05) is 146 Å². The zero-order valence-corrected chi connectivity index (χ0v) is 29.3. The largest absolute Gasteiger partial charge is 0.299 e. The Morgan fingerprint density at radius 3 is 1.75 bits per heavy atom. The summed E-state index contributed by atoms with van der Waals surface area (Å²) in [6.45, 7) is 4.20. The zero-order valence-electron chi connectivity index (χ0n) is 29.3. The Kier molecular flexibility index (Phi) is 9.19. The van der Waals surface area contributed by atoms with Crippen LogP contribution in [-0.4, -0.2) is 20.9 Å². The second-order valence-corrected chi connectivity index (χ2v) is 13.0. The van der Waals surface area contributed by atoms with Crippen LogP contribution in [0.4, 0.5) is 0 Å². The SMILES string of the molecule is CC(=NC(=NC(C)c1cc(-c2ccccc2)cc(-c2cccc(-c3nc4ccccn4c3-c3ccccc3)c2)c1)c1ccccc1)c1ccccc1. The van der Waals surface area contributed by atoms with Crippen molar-refractivity contribution in [3.8, 4) is 44.8 Å². The Morgan fingerprint density at radius 2 is 1.06 bits per heavy atom. The second-order valence-electron chi connectivity index (χ2n) is 13.0. The van der Waals surface area contributed by atoms with Gasteiger partial charge in [-0.2, -0.15) is 0 Å². The molecule has 0 N–H and O–H groups in total. The molecular formula is C48H38N4. The van der Waals surface area contributed by atoms with Crippen molar-refractivity contribution in [1.82, 2.24) is 9.38 Å². The molecule has 2 heterocycles. The summed E-state index contributed by atoms with van der Waals surface area (Å²) in [7, 11) is 0. The van der Waals surface area contributed by atoms with Crippen molar-refractivity contribution in [2.24, 2.45) is 9.98 Å². The summed E-state index contributed by atoms with van der Waals surface area (Å²) < 4.78 is 2.18. The first kappa shape index (κ1) is 32.5. The summed E-state index contributed by atoms with van der Waals surface area (Å²) in [5.41, 5.74) is 13.8. The first-order valence-corrected chi connectivity index (χ1v) is 17.7. The number of fused-ring (bicyclic) bond motifs is 1. The Balaban J connectivity index is 1.25. The molecule has 4 heteroatoms. The summed E-state index contributed by atoms with van der Waals surface area (Å²) in [5, 5.41) is 0. The van der Waals surface area contributed by atoms with Crippen molar-refractivity contribution in [1.29, 1.82) is 0 Å². The zero-order chi connectivity index (χ0) is 35.3. The Labute approximate surface area is 305 Å². The third-order valence-electron chi connectivity index (χ3n) is 9.40. The van der Waals surface area contributed by atoms with Crippen molar-refractivity contribution in [3.05, 3.63) is 205 Å². The smallest absolute Gasteiger partial charge is 0.155 e. The van der Waals surface area contributed by atoms with Gasteiger partial charge in [-0.3, -0.25) is 9.39 Å². The van der Waals surface area contributed by atoms with Crippen LogP contribution in [0.3, 0.4) is 0 Å². The fourth-order valence-corrected chi connectivity index (χ4v) is 6.69. The lowest BCUT2D eigenvalue weighted by Gasteiger charge is -2.15. The van der Waals surface area contributed by atoms with Gasteiger partial charge in [0, 0.05) is 28.6 Å². The van der Waals surface area contributed by atoms with Gasteiger partial charge in [-0.15, -0.1) is 0 Å². The number of aromatic nitrogens is 2. The molecule has 8 aromatic rings. The number of rotatable bonds is 8. The number of hydrogen-bond donors (Lipinski definition) is 0. The molecule has 0 bridgehead atoms. The van der Waals surface area contributed by atoms with E-state index in [1.165, 1.54) is 0 Å². The Hall–Kier alpha value is -6.65. The van der Waals surface area contributed by atoms with Crippen LogP contribution < -0.4 is 0 Å². The number of aliphatic imine (C=N–C) groups is 2. The monoisotopic (exact) mass is 670 g/mol. The second kappa shape index (κ2) is 14.7. The standard InChI is InChI=1S/C48H38N4/c1-34(36-18-7-3-8-19-36)49-48(39-24-13-6-14-25-39)50-35(2)42-31-43(37-20-9-4-10-21-37)33-44(32-42)40-26-17-27-41(30-40)46-47(38-22-11-5-12-23-38)52-29-16-15-28-45(52)51-46/h3-33,35H,1-2H3. The lowest BCUT2D eigenvalue weighted by Crippen LogP contribution is -2.06. The van der Waals surface area contributed by atoms with Gasteiger partial charge < -0.3 is 0 Å². The molecule has 0 aliphatic heterocycles. The molecule has 0 aliphatic carbocycles. The highest BCUT2D eigenvalue weighted by Gasteiger charge is 2.18. The number of nitrogens with zero attached hydrogens (tertiary/aromatic N) is 4. The van der Waals surface area contributed by atoms with Crippen LogP contribution in [0.2, 0.25) is 0 Å². The molecule has 0 saturated carbocycles. The van der Waals surface area contributed by atoms with Gasteiger partial charge in [-0.05, 0) is 83.6 Å². The average Bonchev–Trinajstić information content (AvgIpc) is 3.61. The fourth-order valence-electron chi connectivity index (χ4n) is 6.69. The minimum Gasteiger partial charge on any atom is -0.299 e. The number of benzene rings is 6. The normalized spacial score (nSPS) is 12.6. The molecule has 0 amide bonds. The first-order chi connectivity index (χ1) is 25.6. The maximum absolute atomic E-state index is 5.30. The minimum absolute atomic E-state index is 0.170. The quantitative estimate of drug-likeness (QED) is 0.117. The predicted molar refractivity (Wildman–Crippen MR) is 217 cm³/mol. The van der Waals surface area contributed by atoms with E-state index in [9.17, 15) is 0 Å². The molecule has 1 unspecified atom stereocenters. The maximum atomic E-state index is 5.30. The number of imidazole rings is 1. The van der Waals surface area contributed by atoms with E-state index in [0.717, 1.165) is 72.8 Å². The third-order valence-corrected chi connectivity index (χ3v) is 9.40. The molecule has 1 atom stereocenters. The van der Waals surface area contributed by atoms with Gasteiger partial charge in [0.25, 0.3) is 0 Å². The predicted octanol–water partition coefficient (Wildman–Crippen LogP) is 12.0. The van der Waals surface area contributed by atoms with Crippen LogP contribution >= 0.6 is 0 Å². The molecule has 52 heavy (non-hydrogen) atoms. The summed E-state index contributed by atoms with van der Waals surface area (Å²) in [4.78, 5) is 15.5. The van der Waals surface area contributed by atoms with Crippen molar-refractivity contribution in [2.45, 2.75) is 19.9 Å². The van der Waals surface area contributed by atoms with Gasteiger partial charge in [0.1, 0.15) is 5.65 Å². The molecule has 0 spiro atoms. The highest BCUT2D eigenvalue weighted by molar-refractivity contribution is 6.11. The molecule has 2 aromatic heterocycles. The number of amidine groups is 1. The molecule has 6 aromatic carbocycles. The summed E-state index contributed by atoms with van der Waals surface area (Å²) >= 11 is 0. The topological polar surface area (TPSA) is 42.0 Å². The number of pyridine rings is 1. The minimum atomic E-state index is -0.170. The van der Waals surface area contributed by atoms with Gasteiger partial charge in [0.15, 0.2) is 5.84 Å². The van der Waals surface area contributed by atoms with E-state index in [0.29, 0.717) is 5.84 Å². The summed E-state index contributed by atoms with van der Waals surface area (Å²) in [6.07, 6.45) is 2.09. The van der Waals surface area contributed by atoms with E-state index in [1.807, 2.05) is 49.4 Å². The fraction of sp³-hybridized carbons (Fsp3) is 0.0625. The molecule has 8 rings (SSSR count). The van der Waals surface area contributed by atoms with E-state index in [4.69, 9.17) is 15.0 Å². The van der Waals surface area contributed by atoms with Crippen LogP contribution in [0.1, 0.15) is 36.6 Å². The van der Waals surface area contributed by atoms with Crippen LogP contribution in [0.25, 0.3) is 50.4 Å². The highest BCUT2D eigenvalue weighted by atomic mass is 15.0. The van der Waals surface area contributed by atoms with Crippen LogP contribution in [0.5, 0.6) is 0 Å². The van der Waals surface area contributed by atoms with Crippen molar-refractivity contribution < 1.29 is 0 Å². The lowest BCUT2D eigenvalue weighted by molar-refractivity contribution is 0.819. The van der Waals surface area contributed by atoms with Crippen molar-refractivity contribution in [2.75, 3.05) is 0 Å². The van der Waals surface area contributed by atoms with E-state index in [-0.39, 0.29) is 6.04 Å². The average molecular weight is 671 g/mol. The molecule has 250 valence electrons. The Morgan fingerprint density at radius 1 is 0.519 bits per heavy atom. The van der Waals surface area contributed by atoms with Gasteiger partial charge >= 0.3 is 0 Å². The van der Waals surface area contributed by atoms with Crippen LogP contribution in [-0.2, 0) is 0 Å². The molecule has 0 saturated heterocycles. The van der Waals surface area contributed by atoms with E-state index < -0.39 is 0 Å². The summed E-state index contributed by atoms with van der Waals surface area (Å²) in [5.74, 6) is 0.711. The summed E-state index contributed by atoms with van der Waals surface area (Å²) in [6, 6.07) is 63.2. The Bertz CT molecular complexity index is 2520. The molecular weight excluding hydrogens is 633 g/mol. The highest BCUT2D eigenvalue weighted by Crippen LogP contribution is 2.37. The lowest BCUT2D eigenvalue weighted by atomic mass is 9.92. The molecule has 0 radical (unpaired) electrons. The van der Waals surface area contributed by atoms with E-state index >= 15 is 0 Å². The van der Waals surface area contributed by atoms with Gasteiger partial charge in [0.05, 0.1) is 17.4 Å². The molecule has 4 nitrogen and oxygen atoms in total. The number of hydrogen-bond acceptors (Lipinski definition) is 2. The van der Waals surface area contributed by atoms with Crippen molar-refractivity contribution >= 4 is 17.2 Å². The van der Waals surface area contributed by atoms with Crippen molar-refractivity contribution in [3.63, 3.8) is 0 Å². The van der Waals surface area contributed by atoms with Gasteiger partial charge in [-0.25, -0.2) is 9.98 Å². The van der Waals surface area contributed by atoms with E-state index in [2.05, 4.69) is 157 Å². The third kappa shape index (κ3) is 6.87.